The number of aliphatic hydroxyl groups excluding tert-OH is 1. The molecule has 0 saturated carbocycles. The molecular weight excluding hydrogens is 146 g/mol. The number of ether oxygens (including phenoxy) is 1. The summed E-state index contributed by atoms with van der Waals surface area (Å²) < 4.78 is 4.70. The number of rotatable bonds is 4. The Balaban J connectivity index is 3.36. The summed E-state index contributed by atoms with van der Waals surface area (Å²) in [5.41, 5.74) is 0. The van der Waals surface area contributed by atoms with Gasteiger partial charge in [-0.1, -0.05) is 6.92 Å². The first-order chi connectivity index (χ1) is 5.20. The Morgan fingerprint density at radius 3 is 2.82 bits per heavy atom. The molecule has 0 saturated heterocycles. The van der Waals surface area contributed by atoms with E-state index in [1.165, 1.54) is 0 Å². The van der Waals surface area contributed by atoms with E-state index < -0.39 is 6.09 Å². The monoisotopic (exact) mass is 161 g/mol. The van der Waals surface area contributed by atoms with Gasteiger partial charge in [0.25, 0.3) is 0 Å². The topological polar surface area (TPSA) is 58.6 Å². The third-order valence-corrected chi connectivity index (χ3v) is 1.08. The average Bonchev–Trinajstić information content (AvgIpc) is 2.00. The first-order valence-corrected chi connectivity index (χ1v) is 3.74. The summed E-state index contributed by atoms with van der Waals surface area (Å²) >= 11 is 0. The number of nitrogens with one attached hydrogen (secondary N) is 1. The molecule has 0 heterocycles. The lowest BCUT2D eigenvalue weighted by Crippen LogP contribution is -2.35. The highest BCUT2D eigenvalue weighted by molar-refractivity contribution is 5.67. The van der Waals surface area contributed by atoms with Gasteiger partial charge in [-0.2, -0.15) is 0 Å². The largest absolute Gasteiger partial charge is 0.450 e. The third kappa shape index (κ3) is 5.66. The van der Waals surface area contributed by atoms with Crippen molar-refractivity contribution >= 4 is 6.09 Å². The summed E-state index contributed by atoms with van der Waals surface area (Å²) in [4.78, 5) is 10.7. The van der Waals surface area contributed by atoms with E-state index in [0.29, 0.717) is 6.61 Å². The molecule has 0 spiro atoms. The van der Waals surface area contributed by atoms with Crippen molar-refractivity contribution in [2.24, 2.45) is 0 Å². The van der Waals surface area contributed by atoms with Gasteiger partial charge in [0.15, 0.2) is 0 Å². The van der Waals surface area contributed by atoms with E-state index in [4.69, 9.17) is 9.84 Å². The first-order valence-electron chi connectivity index (χ1n) is 3.74. The van der Waals surface area contributed by atoms with Crippen molar-refractivity contribution in [3.8, 4) is 0 Å². The average molecular weight is 161 g/mol. The summed E-state index contributed by atoms with van der Waals surface area (Å²) in [6.07, 6.45) is 0.342. The Hall–Kier alpha value is -0.770. The molecule has 0 aliphatic carbocycles. The lowest BCUT2D eigenvalue weighted by Gasteiger charge is -2.10. The maximum atomic E-state index is 10.7. The second kappa shape index (κ2) is 5.97. The predicted molar refractivity (Wildman–Crippen MR) is 41.3 cm³/mol. The molecule has 0 aromatic carbocycles. The van der Waals surface area contributed by atoms with Crippen molar-refractivity contribution in [2.45, 2.75) is 26.3 Å². The molecular formula is C7H15NO3. The molecule has 0 aliphatic rings. The highest BCUT2D eigenvalue weighted by Gasteiger charge is 2.04. The van der Waals surface area contributed by atoms with Crippen LogP contribution >= 0.6 is 0 Å². The Morgan fingerprint density at radius 2 is 2.36 bits per heavy atom. The summed E-state index contributed by atoms with van der Waals surface area (Å²) in [5.74, 6) is 0. The molecule has 0 unspecified atom stereocenters. The zero-order valence-electron chi connectivity index (χ0n) is 6.96. The normalized spacial score (nSPS) is 12.3. The minimum atomic E-state index is -0.464. The number of hydrogen-bond acceptors (Lipinski definition) is 3. The maximum absolute atomic E-state index is 10.7. The van der Waals surface area contributed by atoms with Gasteiger partial charge in [0, 0.05) is 0 Å². The number of carbonyl (C=O) groups is 1. The Morgan fingerprint density at radius 1 is 1.73 bits per heavy atom. The van der Waals surface area contributed by atoms with Crippen LogP contribution in [-0.4, -0.2) is 30.5 Å². The van der Waals surface area contributed by atoms with Gasteiger partial charge in [0.1, 0.15) is 0 Å². The van der Waals surface area contributed by atoms with Gasteiger partial charge in [-0.25, -0.2) is 4.79 Å². The summed E-state index contributed by atoms with van der Waals surface area (Å²) in [7, 11) is 0. The van der Waals surface area contributed by atoms with E-state index in [1.807, 2.05) is 6.92 Å². The van der Waals surface area contributed by atoms with E-state index in [2.05, 4.69) is 5.32 Å². The molecule has 4 nitrogen and oxygen atoms in total. The molecule has 0 aliphatic heterocycles. The molecule has 1 amide bonds. The zero-order valence-corrected chi connectivity index (χ0v) is 6.96. The quantitative estimate of drug-likeness (QED) is 0.631. The summed E-state index contributed by atoms with van der Waals surface area (Å²) in [6, 6.07) is -0.237. The van der Waals surface area contributed by atoms with Gasteiger partial charge in [0.2, 0.25) is 0 Å². The minimum absolute atomic E-state index is 0.0682. The Labute approximate surface area is 66.5 Å². The second-order valence-electron chi connectivity index (χ2n) is 2.36. The van der Waals surface area contributed by atoms with Crippen LogP contribution in [0.3, 0.4) is 0 Å². The van der Waals surface area contributed by atoms with E-state index in [9.17, 15) is 4.79 Å². The summed E-state index contributed by atoms with van der Waals surface area (Å²) in [6.45, 7) is 3.97. The lowest BCUT2D eigenvalue weighted by molar-refractivity contribution is 0.137. The Kier molecular flexibility index (Phi) is 5.56. The highest BCUT2D eigenvalue weighted by atomic mass is 16.5. The standard InChI is InChI=1S/C7H15NO3/c1-3-4-11-7(10)8-6(2)5-9/h6,9H,3-5H2,1-2H3,(H,8,10)/t6-/m0/s1. The van der Waals surface area contributed by atoms with E-state index in [1.54, 1.807) is 6.92 Å². The lowest BCUT2D eigenvalue weighted by atomic mass is 10.4. The minimum Gasteiger partial charge on any atom is -0.450 e. The van der Waals surface area contributed by atoms with Gasteiger partial charge in [-0.3, -0.25) is 0 Å². The number of aliphatic hydroxyl groups is 1. The van der Waals surface area contributed by atoms with Crippen LogP contribution in [-0.2, 0) is 4.74 Å². The predicted octanol–water partition coefficient (Wildman–Crippen LogP) is 0.503. The third-order valence-electron chi connectivity index (χ3n) is 1.08. The first kappa shape index (κ1) is 10.2. The van der Waals surface area contributed by atoms with Crippen LogP contribution in [0.4, 0.5) is 4.79 Å². The molecule has 11 heavy (non-hydrogen) atoms. The molecule has 0 fully saturated rings. The fraction of sp³-hybridized carbons (Fsp3) is 0.857. The van der Waals surface area contributed by atoms with Crippen molar-refractivity contribution in [1.82, 2.24) is 5.32 Å². The Bertz CT molecular complexity index is 116. The smallest absolute Gasteiger partial charge is 0.407 e. The van der Waals surface area contributed by atoms with Gasteiger partial charge < -0.3 is 15.2 Å². The van der Waals surface area contributed by atoms with Crippen LogP contribution in [0.25, 0.3) is 0 Å². The SMILES string of the molecule is CCCOC(=O)N[C@@H](C)CO. The number of carbonyl (C=O) groups excluding carboxylic acids is 1. The van der Waals surface area contributed by atoms with Crippen LogP contribution in [0, 0.1) is 0 Å². The van der Waals surface area contributed by atoms with Crippen molar-refractivity contribution in [1.29, 1.82) is 0 Å². The number of hydrogen-bond donors (Lipinski definition) is 2. The second-order valence-corrected chi connectivity index (χ2v) is 2.36. The number of alkyl carbamates (subject to hydrolysis) is 1. The van der Waals surface area contributed by atoms with Gasteiger partial charge in [0.05, 0.1) is 19.3 Å². The molecule has 0 rings (SSSR count). The fourth-order valence-corrected chi connectivity index (χ4v) is 0.483. The maximum Gasteiger partial charge on any atom is 0.407 e. The van der Waals surface area contributed by atoms with Crippen LogP contribution in [0.5, 0.6) is 0 Å². The molecule has 0 aromatic rings. The van der Waals surface area contributed by atoms with Gasteiger partial charge >= 0.3 is 6.09 Å². The van der Waals surface area contributed by atoms with Crippen LogP contribution in [0.1, 0.15) is 20.3 Å². The summed E-state index contributed by atoms with van der Waals surface area (Å²) in [5, 5.41) is 11.0. The molecule has 1 atom stereocenters. The van der Waals surface area contributed by atoms with Crippen molar-refractivity contribution in [2.75, 3.05) is 13.2 Å². The van der Waals surface area contributed by atoms with Gasteiger partial charge in [-0.15, -0.1) is 0 Å². The highest BCUT2D eigenvalue weighted by Crippen LogP contribution is 1.84. The molecule has 0 aromatic heterocycles. The van der Waals surface area contributed by atoms with Crippen LogP contribution in [0.15, 0.2) is 0 Å². The molecule has 66 valence electrons. The molecule has 0 radical (unpaired) electrons. The van der Waals surface area contributed by atoms with Crippen molar-refractivity contribution in [3.63, 3.8) is 0 Å². The fourth-order valence-electron chi connectivity index (χ4n) is 0.483. The van der Waals surface area contributed by atoms with Crippen LogP contribution < -0.4 is 5.32 Å². The van der Waals surface area contributed by atoms with Gasteiger partial charge in [-0.05, 0) is 13.3 Å². The number of amides is 1. The van der Waals surface area contributed by atoms with Crippen molar-refractivity contribution < 1.29 is 14.6 Å². The molecule has 0 bridgehead atoms. The van der Waals surface area contributed by atoms with Crippen molar-refractivity contribution in [3.05, 3.63) is 0 Å². The molecule has 2 N–H and O–H groups in total. The zero-order chi connectivity index (χ0) is 8.69. The van der Waals surface area contributed by atoms with E-state index in [-0.39, 0.29) is 12.6 Å². The van der Waals surface area contributed by atoms with E-state index in [0.717, 1.165) is 6.42 Å². The van der Waals surface area contributed by atoms with E-state index >= 15 is 0 Å². The molecule has 4 heteroatoms. The van der Waals surface area contributed by atoms with Crippen LogP contribution in [0.2, 0.25) is 0 Å².